The molecule has 12 heavy (non-hydrogen) atoms. The summed E-state index contributed by atoms with van der Waals surface area (Å²) >= 11 is 0. The van der Waals surface area contributed by atoms with Gasteiger partial charge in [0, 0.05) is 18.6 Å². The van der Waals surface area contributed by atoms with E-state index in [-0.39, 0.29) is 55.8 Å². The van der Waals surface area contributed by atoms with Gasteiger partial charge in [0.05, 0.1) is 13.2 Å². The first-order valence-corrected chi connectivity index (χ1v) is 2.36. The van der Waals surface area contributed by atoms with Gasteiger partial charge in [0.2, 0.25) is 0 Å². The van der Waals surface area contributed by atoms with Crippen LogP contribution in [0.25, 0.3) is 0 Å². The Hall–Kier alpha value is 1.29. The number of halogens is 3. The van der Waals surface area contributed by atoms with E-state index in [1.165, 1.54) is 0 Å². The Morgan fingerprint density at radius 2 is 0.917 bits per heavy atom. The van der Waals surface area contributed by atoms with Gasteiger partial charge in [-0.15, -0.1) is 0 Å². The fraction of sp³-hybridized carbons (Fsp3) is 1.00. The van der Waals surface area contributed by atoms with Gasteiger partial charge >= 0.3 is 0 Å². The van der Waals surface area contributed by atoms with Crippen LogP contribution in [0.5, 0.6) is 0 Å². The topological polar surface area (TPSA) is 58.9 Å². The Labute approximate surface area is 103 Å². The molecule has 1 radical (unpaired) electrons. The molecular weight excluding hydrogens is 269 g/mol. The third-order valence-electron chi connectivity index (χ3n) is 0.258. The van der Waals surface area contributed by atoms with Crippen LogP contribution in [0, 0.1) is 0 Å². The second kappa shape index (κ2) is 55.9. The van der Waals surface area contributed by atoms with E-state index in [1.807, 2.05) is 0 Å². The van der Waals surface area contributed by atoms with Crippen LogP contribution in [0.1, 0.15) is 13.8 Å². The Morgan fingerprint density at radius 1 is 0.833 bits per heavy atom. The summed E-state index contributed by atoms with van der Waals surface area (Å²) in [6.45, 7) is 4.17. The summed E-state index contributed by atoms with van der Waals surface area (Å²) in [6.07, 6.45) is 0. The van der Waals surface area contributed by atoms with Crippen molar-refractivity contribution in [3.63, 3.8) is 0 Å². The molecule has 0 atom stereocenters. The van der Waals surface area contributed by atoms with Crippen LogP contribution in [-0.4, -0.2) is 23.7 Å². The first-order chi connectivity index (χ1) is 3.83. The molecule has 0 aromatic heterocycles. The first-order valence-electron chi connectivity index (χ1n) is 2.36. The monoisotopic (exact) mass is 280 g/mol. The first kappa shape index (κ1) is 37.8. The quantitative estimate of drug-likeness (QED) is 0.390. The Kier molecular flexibility index (Phi) is 176. The van der Waals surface area contributed by atoms with Crippen LogP contribution in [0.4, 0.5) is 0 Å². The average molecular weight is 281 g/mol. The Bertz CT molecular complexity index is 30.3. The van der Waals surface area contributed by atoms with Crippen LogP contribution in [0.2, 0.25) is 0 Å². The molecule has 0 saturated heterocycles. The molecule has 0 aliphatic heterocycles. The molecule has 0 saturated carbocycles. The predicted molar refractivity (Wildman–Crippen MR) is 28.5 cm³/mol. The number of hydrogen-bond acceptors (Lipinski definition) is 4. The molecule has 2 N–H and O–H groups in total. The van der Waals surface area contributed by atoms with E-state index in [1.54, 1.807) is 13.8 Å². The molecule has 0 aromatic carbocycles. The van der Waals surface area contributed by atoms with Crippen LogP contribution in [0.3, 0.4) is 0 Å². The summed E-state index contributed by atoms with van der Waals surface area (Å²) in [5.41, 5.74) is 0. The van der Waals surface area contributed by atoms with E-state index in [0.29, 0.717) is 13.2 Å². The average Bonchev–Trinajstić information content (AvgIpc) is 1.88. The van der Waals surface area contributed by atoms with E-state index in [2.05, 4.69) is 9.78 Å². The fourth-order valence-corrected chi connectivity index (χ4v) is 0. The summed E-state index contributed by atoms with van der Waals surface area (Å²) < 4.78 is 0. The molecule has 0 aliphatic carbocycles. The van der Waals surface area contributed by atoms with Gasteiger partial charge < -0.3 is 37.2 Å². The minimum absolute atomic E-state index is 0. The number of rotatable bonds is 2. The summed E-state index contributed by atoms with van der Waals surface area (Å²) in [7, 11) is 0. The molecule has 0 rings (SSSR count). The van der Waals surface area contributed by atoms with Crippen LogP contribution in [-0.2, 0) is 28.3 Å². The van der Waals surface area contributed by atoms with Gasteiger partial charge in [-0.1, -0.05) is 0 Å². The largest absolute Gasteiger partial charge is 1.00 e. The second-order valence-electron chi connectivity index (χ2n) is 0.836. The van der Waals surface area contributed by atoms with Crippen molar-refractivity contribution < 1.29 is 76.1 Å². The van der Waals surface area contributed by atoms with Crippen molar-refractivity contribution in [2.24, 2.45) is 0 Å². The van der Waals surface area contributed by atoms with Crippen molar-refractivity contribution >= 4 is 0 Å². The zero-order valence-electron chi connectivity index (χ0n) is 6.71. The van der Waals surface area contributed by atoms with Crippen LogP contribution in [0.15, 0.2) is 0 Å². The van der Waals surface area contributed by atoms with Crippen LogP contribution < -0.4 is 37.2 Å². The minimum atomic E-state index is 0. The predicted octanol–water partition coefficient (Wildman–Crippen LogP) is -8.00. The van der Waals surface area contributed by atoms with Crippen molar-refractivity contribution in [1.29, 1.82) is 0 Å². The van der Waals surface area contributed by atoms with E-state index in [0.717, 1.165) is 0 Å². The molecule has 0 heterocycles. The SMILES string of the molecule is CCOO.CCOO.[Cl-].[Cl-].[Cl-].[V]. The standard InChI is InChI=1S/2C2H6O2.3ClH.V/c2*1-2-4-3;;;;/h2*3H,2H2,1H3;3*1H;/p-3. The van der Waals surface area contributed by atoms with Gasteiger partial charge in [-0.3, -0.25) is 10.5 Å². The molecule has 8 heteroatoms. The normalized spacial score (nSPS) is 5.00. The third-order valence-corrected chi connectivity index (χ3v) is 0.258. The van der Waals surface area contributed by atoms with Gasteiger partial charge in [0.1, 0.15) is 0 Å². The number of hydrogen-bond donors (Lipinski definition) is 2. The second-order valence-corrected chi connectivity index (χ2v) is 0.836. The molecular formula is C4H12Cl3O4V-3. The van der Waals surface area contributed by atoms with E-state index in [4.69, 9.17) is 10.5 Å². The van der Waals surface area contributed by atoms with Gasteiger partial charge in [0.15, 0.2) is 0 Å². The minimum Gasteiger partial charge on any atom is -1.00 e. The summed E-state index contributed by atoms with van der Waals surface area (Å²) in [4.78, 5) is 7.08. The van der Waals surface area contributed by atoms with Crippen molar-refractivity contribution in [3.8, 4) is 0 Å². The van der Waals surface area contributed by atoms with Gasteiger partial charge in [-0.25, -0.2) is 9.78 Å². The molecule has 0 amide bonds. The molecule has 0 aliphatic rings. The smallest absolute Gasteiger partial charge is 0.0791 e. The molecule has 4 nitrogen and oxygen atoms in total. The molecule has 0 unspecified atom stereocenters. The molecule has 0 spiro atoms. The van der Waals surface area contributed by atoms with Gasteiger partial charge in [0.25, 0.3) is 0 Å². The summed E-state index contributed by atoms with van der Waals surface area (Å²) in [5, 5.41) is 14.8. The van der Waals surface area contributed by atoms with E-state index >= 15 is 0 Å². The molecule has 81 valence electrons. The summed E-state index contributed by atoms with van der Waals surface area (Å²) in [5.74, 6) is 0. The van der Waals surface area contributed by atoms with Crippen molar-refractivity contribution in [2.75, 3.05) is 13.2 Å². The maximum absolute atomic E-state index is 7.38. The zero-order chi connectivity index (χ0) is 6.83. The maximum Gasteiger partial charge on any atom is 0.0791 e. The Morgan fingerprint density at radius 3 is 0.917 bits per heavy atom. The zero-order valence-corrected chi connectivity index (χ0v) is 10.4. The molecule has 0 aromatic rings. The molecule has 0 bridgehead atoms. The summed E-state index contributed by atoms with van der Waals surface area (Å²) in [6, 6.07) is 0. The van der Waals surface area contributed by atoms with Crippen molar-refractivity contribution in [3.05, 3.63) is 0 Å². The van der Waals surface area contributed by atoms with Crippen LogP contribution >= 0.6 is 0 Å². The third kappa shape index (κ3) is 110. The van der Waals surface area contributed by atoms with E-state index in [9.17, 15) is 0 Å². The van der Waals surface area contributed by atoms with Gasteiger partial charge in [-0.05, 0) is 13.8 Å². The Balaban J connectivity index is -0.0000000112. The fourth-order valence-electron chi connectivity index (χ4n) is 0. The maximum atomic E-state index is 7.38. The van der Waals surface area contributed by atoms with E-state index < -0.39 is 0 Å². The van der Waals surface area contributed by atoms with Gasteiger partial charge in [-0.2, -0.15) is 0 Å². The molecule has 0 fully saturated rings. The van der Waals surface area contributed by atoms with Crippen molar-refractivity contribution in [2.45, 2.75) is 13.8 Å². The van der Waals surface area contributed by atoms with Crippen molar-refractivity contribution in [1.82, 2.24) is 0 Å².